The van der Waals surface area contributed by atoms with Crippen LogP contribution in [0.1, 0.15) is 97.2 Å². The SMILES string of the molecule is CN1c2ccccc2C(C)(C)c2ccc(-c3ccc(C=Cc4ccc5c(c4)C(C)(C)c4cc(C=Cc6ccc(-c7ccc8c(c7)N(C)c7ccccc7C8(C)C)cc6)ccc4-5)cc3)cc21. The Morgan fingerprint density at radius 3 is 1.03 bits per heavy atom. The van der Waals surface area contributed by atoms with Gasteiger partial charge in [0.1, 0.15) is 0 Å². The molecule has 0 radical (unpaired) electrons. The van der Waals surface area contributed by atoms with E-state index in [9.17, 15) is 0 Å². The lowest BCUT2D eigenvalue weighted by Crippen LogP contribution is -2.30. The van der Waals surface area contributed by atoms with E-state index in [0.717, 1.165) is 0 Å². The van der Waals surface area contributed by atoms with E-state index in [4.69, 9.17) is 0 Å². The number of hydrogen-bond donors (Lipinski definition) is 0. The van der Waals surface area contributed by atoms with Crippen molar-refractivity contribution in [1.82, 2.24) is 0 Å². The minimum atomic E-state index is -0.109. The number of rotatable bonds is 6. The zero-order valence-corrected chi connectivity index (χ0v) is 38.9. The lowest BCUT2D eigenvalue weighted by atomic mass is 9.73. The molecule has 0 aromatic heterocycles. The summed E-state index contributed by atoms with van der Waals surface area (Å²) in [6.45, 7) is 14.1. The zero-order valence-electron chi connectivity index (χ0n) is 38.9. The number of para-hydroxylation sites is 2. The van der Waals surface area contributed by atoms with Crippen LogP contribution in [0.2, 0.25) is 0 Å². The molecule has 0 amide bonds. The van der Waals surface area contributed by atoms with Gasteiger partial charge in [-0.3, -0.25) is 0 Å². The highest BCUT2D eigenvalue weighted by atomic mass is 15.1. The zero-order chi connectivity index (χ0) is 44.8. The summed E-state index contributed by atoms with van der Waals surface area (Å²) in [6, 6.07) is 63.4. The highest BCUT2D eigenvalue weighted by Gasteiger charge is 2.37. The Hall–Kier alpha value is -7.16. The van der Waals surface area contributed by atoms with Crippen LogP contribution in [0.5, 0.6) is 0 Å². The number of hydrogen-bond acceptors (Lipinski definition) is 2. The first kappa shape index (κ1) is 40.6. The second-order valence-electron chi connectivity index (χ2n) is 20.0. The van der Waals surface area contributed by atoms with Gasteiger partial charge in [0.25, 0.3) is 0 Å². The molecule has 0 spiro atoms. The van der Waals surface area contributed by atoms with Crippen molar-refractivity contribution in [2.45, 2.75) is 57.8 Å². The van der Waals surface area contributed by atoms with Gasteiger partial charge in [0, 0.05) is 53.1 Å². The molecule has 11 rings (SSSR count). The van der Waals surface area contributed by atoms with Crippen molar-refractivity contribution in [3.05, 3.63) is 225 Å². The van der Waals surface area contributed by atoms with Gasteiger partial charge in [-0.15, -0.1) is 0 Å². The third kappa shape index (κ3) is 6.61. The average Bonchev–Trinajstić information content (AvgIpc) is 3.55. The Morgan fingerprint density at radius 2 is 0.615 bits per heavy atom. The van der Waals surface area contributed by atoms with E-state index in [1.54, 1.807) is 0 Å². The van der Waals surface area contributed by atoms with Crippen molar-refractivity contribution in [1.29, 1.82) is 0 Å². The third-order valence-electron chi connectivity index (χ3n) is 15.1. The molecule has 3 aliphatic rings. The summed E-state index contributed by atoms with van der Waals surface area (Å²) in [7, 11) is 4.38. The van der Waals surface area contributed by atoms with E-state index in [1.165, 1.54) is 112 Å². The summed E-state index contributed by atoms with van der Waals surface area (Å²) in [5.41, 5.74) is 25.6. The molecular weight excluding hydrogens is 785 g/mol. The molecule has 8 aromatic carbocycles. The third-order valence-corrected chi connectivity index (χ3v) is 15.1. The Bertz CT molecular complexity index is 3030. The summed E-state index contributed by atoms with van der Waals surface area (Å²) in [5, 5.41) is 0. The van der Waals surface area contributed by atoms with Crippen molar-refractivity contribution in [2.24, 2.45) is 0 Å². The Kier molecular flexibility index (Phi) is 9.35. The van der Waals surface area contributed by atoms with Crippen molar-refractivity contribution >= 4 is 47.1 Å². The fourth-order valence-electron chi connectivity index (χ4n) is 11.1. The van der Waals surface area contributed by atoms with Crippen LogP contribution in [-0.4, -0.2) is 14.1 Å². The molecule has 0 unspecified atom stereocenters. The summed E-state index contributed by atoms with van der Waals surface area (Å²) >= 11 is 0. The second kappa shape index (κ2) is 15.0. The molecule has 318 valence electrons. The second-order valence-corrected chi connectivity index (χ2v) is 20.0. The molecule has 0 saturated heterocycles. The smallest absolute Gasteiger partial charge is 0.0455 e. The topological polar surface area (TPSA) is 6.48 Å². The molecule has 0 bridgehead atoms. The van der Waals surface area contributed by atoms with Crippen molar-refractivity contribution in [3.8, 4) is 33.4 Å². The predicted octanol–water partition coefficient (Wildman–Crippen LogP) is 16.5. The van der Waals surface area contributed by atoms with Gasteiger partial charge in [-0.1, -0.05) is 211 Å². The van der Waals surface area contributed by atoms with Crippen LogP contribution in [0.4, 0.5) is 22.7 Å². The quantitative estimate of drug-likeness (QED) is 0.154. The molecule has 2 aliphatic heterocycles. The maximum atomic E-state index is 2.39. The van der Waals surface area contributed by atoms with Gasteiger partial charge in [0.2, 0.25) is 0 Å². The minimum absolute atomic E-state index is 0.0498. The molecule has 2 nitrogen and oxygen atoms in total. The highest BCUT2D eigenvalue weighted by molar-refractivity contribution is 5.87. The number of benzene rings is 8. The van der Waals surface area contributed by atoms with E-state index < -0.39 is 0 Å². The van der Waals surface area contributed by atoms with E-state index in [0.29, 0.717) is 0 Å². The normalized spacial score (nSPS) is 15.9. The molecule has 65 heavy (non-hydrogen) atoms. The monoisotopic (exact) mass is 840 g/mol. The summed E-state index contributed by atoms with van der Waals surface area (Å²) in [5.74, 6) is 0. The van der Waals surface area contributed by atoms with E-state index >= 15 is 0 Å². The van der Waals surface area contributed by atoms with Crippen LogP contribution in [0.3, 0.4) is 0 Å². The van der Waals surface area contributed by atoms with Gasteiger partial charge >= 0.3 is 0 Å². The summed E-state index contributed by atoms with van der Waals surface area (Å²) < 4.78 is 0. The minimum Gasteiger partial charge on any atom is -0.344 e. The average molecular weight is 841 g/mol. The Morgan fingerprint density at radius 1 is 0.292 bits per heavy atom. The van der Waals surface area contributed by atoms with Crippen LogP contribution in [0.25, 0.3) is 57.7 Å². The van der Waals surface area contributed by atoms with E-state index in [2.05, 4.69) is 260 Å². The largest absolute Gasteiger partial charge is 0.344 e. The van der Waals surface area contributed by atoms with Crippen molar-refractivity contribution in [3.63, 3.8) is 0 Å². The number of anilines is 4. The molecule has 0 N–H and O–H groups in total. The maximum absolute atomic E-state index is 2.39. The van der Waals surface area contributed by atoms with Crippen LogP contribution >= 0.6 is 0 Å². The first-order chi connectivity index (χ1) is 31.3. The van der Waals surface area contributed by atoms with Gasteiger partial charge in [-0.2, -0.15) is 0 Å². The van der Waals surface area contributed by atoms with Crippen molar-refractivity contribution in [2.75, 3.05) is 23.9 Å². The van der Waals surface area contributed by atoms with Crippen LogP contribution < -0.4 is 9.80 Å². The molecule has 1 aliphatic carbocycles. The van der Waals surface area contributed by atoms with Crippen LogP contribution in [-0.2, 0) is 16.2 Å². The predicted molar refractivity (Wildman–Crippen MR) is 279 cm³/mol. The lowest BCUT2D eigenvalue weighted by Gasteiger charge is -2.40. The standard InChI is InChI=1S/C63H56N2/c1-61(2)51-13-9-11-15-57(51)64(7)59-39-47(31-35-53(59)61)45-27-21-41(22-28-45)17-19-43-25-33-49-50-34-26-44(38-56(50)63(5,6)55(49)37-43)20-18-42-23-29-46(30-24-42)48-32-36-54-60(40-48)65(8)58-16-12-10-14-52(58)62(54,3)4/h9-40H,1-8H3. The Labute approximate surface area is 385 Å². The van der Waals surface area contributed by atoms with Crippen LogP contribution in [0, 0.1) is 0 Å². The fraction of sp³-hybridized carbons (Fsp3) is 0.175. The molecule has 0 fully saturated rings. The van der Waals surface area contributed by atoms with Crippen molar-refractivity contribution < 1.29 is 0 Å². The summed E-state index contributed by atoms with van der Waals surface area (Å²) in [4.78, 5) is 4.69. The molecule has 2 heteroatoms. The number of fused-ring (bicyclic) bond motifs is 7. The molecule has 0 atom stereocenters. The number of nitrogens with zero attached hydrogens (tertiary/aromatic N) is 2. The van der Waals surface area contributed by atoms with E-state index in [-0.39, 0.29) is 16.2 Å². The first-order valence-corrected chi connectivity index (χ1v) is 23.1. The lowest BCUT2D eigenvalue weighted by molar-refractivity contribution is 0.629. The Balaban J connectivity index is 0.777. The highest BCUT2D eigenvalue weighted by Crippen LogP contribution is 2.52. The molecular formula is C63H56N2. The first-order valence-electron chi connectivity index (χ1n) is 23.1. The van der Waals surface area contributed by atoms with Gasteiger partial charge in [-0.05, 0) is 113 Å². The maximum Gasteiger partial charge on any atom is 0.0455 e. The van der Waals surface area contributed by atoms with Gasteiger partial charge in [-0.25, -0.2) is 0 Å². The molecule has 0 saturated carbocycles. The van der Waals surface area contributed by atoms with E-state index in [1.807, 2.05) is 0 Å². The summed E-state index contributed by atoms with van der Waals surface area (Å²) in [6.07, 6.45) is 8.99. The van der Waals surface area contributed by atoms with Gasteiger partial charge in [0.05, 0.1) is 0 Å². The van der Waals surface area contributed by atoms with Gasteiger partial charge in [0.15, 0.2) is 0 Å². The molecule has 8 aromatic rings. The van der Waals surface area contributed by atoms with Crippen LogP contribution in [0.15, 0.2) is 170 Å². The fourth-order valence-corrected chi connectivity index (χ4v) is 11.1. The molecule has 2 heterocycles. The van der Waals surface area contributed by atoms with Gasteiger partial charge < -0.3 is 9.80 Å².